The van der Waals surface area contributed by atoms with Crippen molar-refractivity contribution in [3.05, 3.63) is 222 Å². The predicted octanol–water partition coefficient (Wildman–Crippen LogP) is 12.9. The number of fused-ring (bicyclic) bond motifs is 9. The van der Waals surface area contributed by atoms with Crippen molar-refractivity contribution < 1.29 is 0 Å². The molecule has 0 radical (unpaired) electrons. The molecule has 0 atom stereocenters. The quantitative estimate of drug-likeness (QED) is 0.175. The van der Waals surface area contributed by atoms with Crippen LogP contribution in [0.2, 0.25) is 0 Å². The van der Waals surface area contributed by atoms with Gasteiger partial charge < -0.3 is 0 Å². The third kappa shape index (κ3) is 5.42. The van der Waals surface area contributed by atoms with Gasteiger partial charge in [-0.25, -0.2) is 15.0 Å². The van der Waals surface area contributed by atoms with Gasteiger partial charge in [0.05, 0.1) is 17.0 Å². The number of rotatable bonds is 5. The molecule has 0 fully saturated rings. The number of benzene rings is 8. The first kappa shape index (κ1) is 33.9. The minimum Gasteiger partial charge on any atom is -0.208 e. The van der Waals surface area contributed by atoms with Crippen LogP contribution in [0, 0.1) is 11.3 Å². The molecule has 1 spiro atoms. The van der Waals surface area contributed by atoms with Crippen LogP contribution in [0.5, 0.6) is 0 Å². The van der Waals surface area contributed by atoms with Crippen LogP contribution >= 0.6 is 11.8 Å². The molecule has 11 rings (SSSR count). The lowest BCUT2D eigenvalue weighted by atomic mass is 9.66. The summed E-state index contributed by atoms with van der Waals surface area (Å²) in [6.45, 7) is 0. The molecule has 4 nitrogen and oxygen atoms in total. The van der Waals surface area contributed by atoms with E-state index in [-0.39, 0.29) is 0 Å². The molecule has 58 heavy (non-hydrogen) atoms. The van der Waals surface area contributed by atoms with Gasteiger partial charge in [-0.1, -0.05) is 163 Å². The van der Waals surface area contributed by atoms with Crippen LogP contribution in [0.3, 0.4) is 0 Å². The number of nitriles is 1. The van der Waals surface area contributed by atoms with Crippen molar-refractivity contribution in [1.82, 2.24) is 15.0 Å². The van der Waals surface area contributed by atoms with E-state index in [4.69, 9.17) is 15.0 Å². The largest absolute Gasteiger partial charge is 0.208 e. The third-order valence-electron chi connectivity index (χ3n) is 11.4. The molecule has 0 N–H and O–H groups in total. The number of aromatic nitrogens is 3. The Morgan fingerprint density at radius 1 is 0.362 bits per heavy atom. The van der Waals surface area contributed by atoms with Gasteiger partial charge in [-0.05, 0) is 98.1 Å². The molecule has 0 saturated heterocycles. The number of hydrogen-bond donors (Lipinski definition) is 0. The summed E-state index contributed by atoms with van der Waals surface area (Å²) < 4.78 is 0. The average Bonchev–Trinajstić information content (AvgIpc) is 3.60. The Bertz CT molecular complexity index is 2990. The molecule has 1 aromatic heterocycles. The van der Waals surface area contributed by atoms with Gasteiger partial charge >= 0.3 is 0 Å². The van der Waals surface area contributed by atoms with Crippen molar-refractivity contribution in [2.75, 3.05) is 0 Å². The lowest BCUT2D eigenvalue weighted by molar-refractivity contribution is 0.723. The molecule has 9 aromatic rings. The van der Waals surface area contributed by atoms with Crippen LogP contribution < -0.4 is 0 Å². The second-order valence-electron chi connectivity index (χ2n) is 14.7. The van der Waals surface area contributed by atoms with Crippen molar-refractivity contribution in [1.29, 1.82) is 5.26 Å². The molecule has 0 amide bonds. The zero-order valence-electron chi connectivity index (χ0n) is 31.2. The molecule has 0 saturated carbocycles. The molecule has 8 aromatic carbocycles. The van der Waals surface area contributed by atoms with Gasteiger partial charge in [0.15, 0.2) is 17.5 Å². The third-order valence-corrected chi connectivity index (χ3v) is 12.6. The topological polar surface area (TPSA) is 62.5 Å². The average molecular weight is 757 g/mol. The van der Waals surface area contributed by atoms with E-state index in [1.165, 1.54) is 43.2 Å². The van der Waals surface area contributed by atoms with Gasteiger partial charge in [0.25, 0.3) is 0 Å². The molecule has 270 valence electrons. The fourth-order valence-corrected chi connectivity index (χ4v) is 9.93. The fourth-order valence-electron chi connectivity index (χ4n) is 8.77. The van der Waals surface area contributed by atoms with Gasteiger partial charge in [-0.3, -0.25) is 0 Å². The maximum atomic E-state index is 9.50. The molecule has 5 heteroatoms. The first-order valence-electron chi connectivity index (χ1n) is 19.3. The van der Waals surface area contributed by atoms with Gasteiger partial charge in [0.2, 0.25) is 0 Å². The summed E-state index contributed by atoms with van der Waals surface area (Å²) in [5.74, 6) is 1.91. The summed E-state index contributed by atoms with van der Waals surface area (Å²) in [5, 5.41) is 9.50. The Morgan fingerprint density at radius 2 is 0.793 bits per heavy atom. The van der Waals surface area contributed by atoms with Crippen LogP contribution in [0.1, 0.15) is 27.8 Å². The summed E-state index contributed by atoms with van der Waals surface area (Å²) in [7, 11) is 0. The van der Waals surface area contributed by atoms with Gasteiger partial charge in [-0.2, -0.15) is 5.26 Å². The normalized spacial score (nSPS) is 12.9. The zero-order chi connectivity index (χ0) is 38.6. The first-order chi connectivity index (χ1) is 28.7. The van der Waals surface area contributed by atoms with E-state index >= 15 is 0 Å². The molecule has 2 aliphatic rings. The minimum absolute atomic E-state index is 0.553. The fraction of sp³-hybridized carbons (Fsp3) is 0.0189. The molecule has 0 bridgehead atoms. The summed E-state index contributed by atoms with van der Waals surface area (Å²) in [6, 6.07) is 70.6. The summed E-state index contributed by atoms with van der Waals surface area (Å²) in [6.07, 6.45) is 0. The molecular weight excluding hydrogens is 725 g/mol. The van der Waals surface area contributed by atoms with Crippen molar-refractivity contribution in [3.8, 4) is 73.6 Å². The monoisotopic (exact) mass is 756 g/mol. The van der Waals surface area contributed by atoms with E-state index in [1.807, 2.05) is 84.6 Å². The van der Waals surface area contributed by atoms with E-state index in [1.54, 1.807) is 0 Å². The van der Waals surface area contributed by atoms with Gasteiger partial charge in [-0.15, -0.1) is 0 Å². The Kier molecular flexibility index (Phi) is 7.99. The standard InChI is InChI=1S/C53H32N4S/c54-33-34-22-24-35(25-23-34)39-26-28-48-46(31-39)53(44-20-9-7-18-42(44)43-19-8-10-21-45(43)53)47-32-40(27-29-49(47)58-48)38-16-11-17-41(30-38)52-56-50(36-12-3-1-4-13-36)55-51(57-52)37-14-5-2-6-15-37/h1-32H. The highest BCUT2D eigenvalue weighted by Gasteiger charge is 2.50. The van der Waals surface area contributed by atoms with E-state index in [2.05, 4.69) is 127 Å². The number of nitrogens with zero attached hydrogens (tertiary/aromatic N) is 4. The Hall–Kier alpha value is -7.39. The number of hydrogen-bond acceptors (Lipinski definition) is 5. The second kappa shape index (κ2) is 13.7. The van der Waals surface area contributed by atoms with E-state index in [0.717, 1.165) is 38.9 Å². The van der Waals surface area contributed by atoms with Crippen LogP contribution in [-0.2, 0) is 5.41 Å². The van der Waals surface area contributed by atoms with E-state index in [9.17, 15) is 5.26 Å². The molecule has 1 aliphatic heterocycles. The van der Waals surface area contributed by atoms with Crippen LogP contribution in [-0.4, -0.2) is 15.0 Å². The first-order valence-corrected chi connectivity index (χ1v) is 20.1. The van der Waals surface area contributed by atoms with E-state index in [0.29, 0.717) is 23.0 Å². The highest BCUT2D eigenvalue weighted by Crippen LogP contribution is 2.62. The van der Waals surface area contributed by atoms with Crippen LogP contribution in [0.4, 0.5) is 0 Å². The van der Waals surface area contributed by atoms with Crippen LogP contribution in [0.15, 0.2) is 204 Å². The SMILES string of the molecule is N#Cc1ccc(-c2ccc3c(c2)C2(c4cc(-c5cccc(-c6nc(-c7ccccc7)nc(-c7ccccc7)n6)c5)ccc4S3)c3ccccc3-c3ccccc32)cc1. The van der Waals surface area contributed by atoms with Crippen molar-refractivity contribution in [2.24, 2.45) is 0 Å². The molecule has 1 aliphatic carbocycles. The Labute approximate surface area is 341 Å². The summed E-state index contributed by atoms with van der Waals surface area (Å²) in [5.41, 5.74) is 14.9. The van der Waals surface area contributed by atoms with Gasteiger partial charge in [0.1, 0.15) is 0 Å². The summed E-state index contributed by atoms with van der Waals surface area (Å²) in [4.78, 5) is 17.5. The smallest absolute Gasteiger partial charge is 0.164 e. The highest BCUT2D eigenvalue weighted by atomic mass is 32.2. The maximum absolute atomic E-state index is 9.50. The molecule has 2 heterocycles. The molecular formula is C53H32N4S. The van der Waals surface area contributed by atoms with Gasteiger partial charge in [0, 0.05) is 26.5 Å². The molecule has 0 unspecified atom stereocenters. The highest BCUT2D eigenvalue weighted by molar-refractivity contribution is 7.99. The predicted molar refractivity (Wildman–Crippen MR) is 233 cm³/mol. The van der Waals surface area contributed by atoms with Crippen LogP contribution in [0.25, 0.3) is 67.5 Å². The van der Waals surface area contributed by atoms with Crippen molar-refractivity contribution >= 4 is 11.8 Å². The maximum Gasteiger partial charge on any atom is 0.164 e. The second-order valence-corrected chi connectivity index (χ2v) is 15.8. The lowest BCUT2D eigenvalue weighted by Crippen LogP contribution is -2.32. The summed E-state index contributed by atoms with van der Waals surface area (Å²) >= 11 is 1.84. The minimum atomic E-state index is -0.553. The lowest BCUT2D eigenvalue weighted by Gasteiger charge is -2.40. The van der Waals surface area contributed by atoms with E-state index < -0.39 is 5.41 Å². The Balaban J connectivity index is 1.10. The van der Waals surface area contributed by atoms with Crippen molar-refractivity contribution in [2.45, 2.75) is 15.2 Å². The van der Waals surface area contributed by atoms with Crippen molar-refractivity contribution in [3.63, 3.8) is 0 Å². The zero-order valence-corrected chi connectivity index (χ0v) is 32.0. The Morgan fingerprint density at radius 3 is 1.34 bits per heavy atom.